The van der Waals surface area contributed by atoms with E-state index in [1.165, 1.54) is 22.3 Å². The van der Waals surface area contributed by atoms with Crippen LogP contribution in [-0.2, 0) is 11.8 Å². The summed E-state index contributed by atoms with van der Waals surface area (Å²) in [5.74, 6) is 0. The largest absolute Gasteiger partial charge is 0.0613 e. The maximum absolute atomic E-state index is 2.31. The van der Waals surface area contributed by atoms with Crippen LogP contribution in [0.2, 0.25) is 0 Å². The molecule has 90 valence electrons. The van der Waals surface area contributed by atoms with Crippen LogP contribution >= 0.6 is 0 Å². The van der Waals surface area contributed by atoms with Crippen LogP contribution in [-0.4, -0.2) is 0 Å². The summed E-state index contributed by atoms with van der Waals surface area (Å²) in [4.78, 5) is 0. The molecule has 0 aliphatic heterocycles. The molecule has 0 saturated heterocycles. The molecule has 0 heterocycles. The lowest BCUT2D eigenvalue weighted by molar-refractivity contribution is 0.579. The molecule has 0 radical (unpaired) electrons. The monoisotopic (exact) mass is 218 g/mol. The van der Waals surface area contributed by atoms with Crippen LogP contribution in [0.1, 0.15) is 61.1 Å². The van der Waals surface area contributed by atoms with Gasteiger partial charge in [0.25, 0.3) is 0 Å². The van der Waals surface area contributed by atoms with Gasteiger partial charge in [-0.05, 0) is 72.9 Å². The molecule has 0 aliphatic rings. The van der Waals surface area contributed by atoms with E-state index in [9.17, 15) is 0 Å². The first-order chi connectivity index (χ1) is 7.21. The Morgan fingerprint density at radius 2 is 1.12 bits per heavy atom. The summed E-state index contributed by atoms with van der Waals surface area (Å²) in [5, 5.41) is 0. The molecule has 0 N–H and O–H groups in total. The van der Waals surface area contributed by atoms with E-state index in [1.54, 1.807) is 11.1 Å². The van der Waals surface area contributed by atoms with E-state index >= 15 is 0 Å². The van der Waals surface area contributed by atoms with Crippen molar-refractivity contribution in [2.75, 3.05) is 0 Å². The summed E-state index contributed by atoms with van der Waals surface area (Å²) in [6, 6.07) is 0. The average Bonchev–Trinajstić information content (AvgIpc) is 2.14. The zero-order chi connectivity index (χ0) is 12.7. The molecule has 0 aromatic heterocycles. The SMILES string of the molecule is CCc1c(C)c(C)c(C(C)(C)C)c(C)c1C. The molecule has 0 saturated carbocycles. The van der Waals surface area contributed by atoms with Crippen LogP contribution in [0.3, 0.4) is 0 Å². The van der Waals surface area contributed by atoms with Gasteiger partial charge in [0, 0.05) is 0 Å². The lowest BCUT2D eigenvalue weighted by Crippen LogP contribution is -2.18. The van der Waals surface area contributed by atoms with Gasteiger partial charge in [-0.1, -0.05) is 27.7 Å². The molecular weight excluding hydrogens is 192 g/mol. The molecule has 0 amide bonds. The van der Waals surface area contributed by atoms with Gasteiger partial charge in [-0.2, -0.15) is 0 Å². The van der Waals surface area contributed by atoms with Gasteiger partial charge in [-0.15, -0.1) is 0 Å². The maximum atomic E-state index is 2.31. The Labute approximate surface area is 101 Å². The van der Waals surface area contributed by atoms with Crippen molar-refractivity contribution >= 4 is 0 Å². The van der Waals surface area contributed by atoms with E-state index in [1.807, 2.05) is 0 Å². The van der Waals surface area contributed by atoms with Crippen LogP contribution in [0, 0.1) is 27.7 Å². The molecule has 16 heavy (non-hydrogen) atoms. The van der Waals surface area contributed by atoms with Crippen molar-refractivity contribution in [3.05, 3.63) is 33.4 Å². The lowest BCUT2D eigenvalue weighted by atomic mass is 9.76. The summed E-state index contributed by atoms with van der Waals surface area (Å²) in [5.41, 5.74) is 9.31. The Kier molecular flexibility index (Phi) is 3.52. The van der Waals surface area contributed by atoms with E-state index in [-0.39, 0.29) is 5.41 Å². The smallest absolute Gasteiger partial charge is 0.0126 e. The third kappa shape index (κ3) is 2.03. The van der Waals surface area contributed by atoms with Crippen molar-refractivity contribution < 1.29 is 0 Å². The molecule has 1 aromatic rings. The van der Waals surface area contributed by atoms with Crippen molar-refractivity contribution in [3.63, 3.8) is 0 Å². The molecule has 0 heteroatoms. The van der Waals surface area contributed by atoms with Gasteiger partial charge >= 0.3 is 0 Å². The van der Waals surface area contributed by atoms with E-state index in [2.05, 4.69) is 55.4 Å². The fourth-order valence-electron chi connectivity index (χ4n) is 3.05. The van der Waals surface area contributed by atoms with Crippen LogP contribution in [0.4, 0.5) is 0 Å². The first kappa shape index (κ1) is 13.3. The molecular formula is C16H26. The number of rotatable bonds is 1. The van der Waals surface area contributed by atoms with Gasteiger partial charge in [0.05, 0.1) is 0 Å². The molecule has 1 rings (SSSR count). The average molecular weight is 218 g/mol. The van der Waals surface area contributed by atoms with Gasteiger partial charge < -0.3 is 0 Å². The third-order valence-electron chi connectivity index (χ3n) is 3.88. The molecule has 1 aromatic carbocycles. The highest BCUT2D eigenvalue weighted by Gasteiger charge is 2.22. The van der Waals surface area contributed by atoms with Gasteiger partial charge in [0.2, 0.25) is 0 Å². The first-order valence-electron chi connectivity index (χ1n) is 6.31. The molecule has 0 nitrogen and oxygen atoms in total. The van der Waals surface area contributed by atoms with Crippen LogP contribution in [0.5, 0.6) is 0 Å². The zero-order valence-electron chi connectivity index (χ0n) is 12.2. The van der Waals surface area contributed by atoms with E-state index in [0.717, 1.165) is 6.42 Å². The van der Waals surface area contributed by atoms with Gasteiger partial charge in [0.1, 0.15) is 0 Å². The summed E-state index contributed by atoms with van der Waals surface area (Å²) in [6.45, 7) is 18.3. The van der Waals surface area contributed by atoms with E-state index < -0.39 is 0 Å². The summed E-state index contributed by atoms with van der Waals surface area (Å²) in [7, 11) is 0. The van der Waals surface area contributed by atoms with Gasteiger partial charge in [0.15, 0.2) is 0 Å². The van der Waals surface area contributed by atoms with Crippen LogP contribution < -0.4 is 0 Å². The highest BCUT2D eigenvalue weighted by Crippen LogP contribution is 2.34. The van der Waals surface area contributed by atoms with Crippen molar-refractivity contribution in [1.29, 1.82) is 0 Å². The van der Waals surface area contributed by atoms with Crippen LogP contribution in [0.15, 0.2) is 0 Å². The molecule has 0 bridgehead atoms. The third-order valence-corrected chi connectivity index (χ3v) is 3.88. The normalized spacial score (nSPS) is 12.0. The Bertz CT molecular complexity index is 374. The predicted octanol–water partition coefficient (Wildman–Crippen LogP) is 4.78. The van der Waals surface area contributed by atoms with Crippen molar-refractivity contribution in [2.24, 2.45) is 0 Å². The molecule has 0 unspecified atom stereocenters. The predicted molar refractivity (Wildman–Crippen MR) is 73.5 cm³/mol. The van der Waals surface area contributed by atoms with E-state index in [0.29, 0.717) is 0 Å². The van der Waals surface area contributed by atoms with E-state index in [4.69, 9.17) is 0 Å². The Balaban J connectivity index is 3.67. The minimum absolute atomic E-state index is 0.246. The highest BCUT2D eigenvalue weighted by atomic mass is 14.3. The highest BCUT2D eigenvalue weighted by molar-refractivity contribution is 5.52. The van der Waals surface area contributed by atoms with Gasteiger partial charge in [-0.3, -0.25) is 0 Å². The standard InChI is InChI=1S/C16H26/c1-9-14-10(2)12(4)15(16(6,7)8)13(5)11(14)3/h9H2,1-8H3. The molecule has 0 aliphatic carbocycles. The zero-order valence-corrected chi connectivity index (χ0v) is 12.2. The van der Waals surface area contributed by atoms with Crippen molar-refractivity contribution in [3.8, 4) is 0 Å². The number of benzene rings is 1. The maximum Gasteiger partial charge on any atom is -0.0126 e. The second kappa shape index (κ2) is 4.24. The Hall–Kier alpha value is -0.780. The number of hydrogen-bond acceptors (Lipinski definition) is 0. The Morgan fingerprint density at radius 3 is 1.38 bits per heavy atom. The fourth-order valence-corrected chi connectivity index (χ4v) is 3.05. The topological polar surface area (TPSA) is 0 Å². The second-order valence-electron chi connectivity index (χ2n) is 5.96. The minimum atomic E-state index is 0.246. The van der Waals surface area contributed by atoms with Crippen molar-refractivity contribution in [1.82, 2.24) is 0 Å². The second-order valence-corrected chi connectivity index (χ2v) is 5.96. The molecule has 0 spiro atoms. The first-order valence-corrected chi connectivity index (χ1v) is 6.31. The van der Waals surface area contributed by atoms with Crippen molar-refractivity contribution in [2.45, 2.75) is 67.2 Å². The summed E-state index contributed by atoms with van der Waals surface area (Å²) < 4.78 is 0. The van der Waals surface area contributed by atoms with Gasteiger partial charge in [-0.25, -0.2) is 0 Å². The summed E-state index contributed by atoms with van der Waals surface area (Å²) in [6.07, 6.45) is 1.14. The Morgan fingerprint density at radius 1 is 0.750 bits per heavy atom. The summed E-state index contributed by atoms with van der Waals surface area (Å²) >= 11 is 0. The number of hydrogen-bond donors (Lipinski definition) is 0. The fraction of sp³-hybridized carbons (Fsp3) is 0.625. The quantitative estimate of drug-likeness (QED) is 0.636. The lowest BCUT2D eigenvalue weighted by Gasteiger charge is -2.28. The molecule has 0 atom stereocenters. The van der Waals surface area contributed by atoms with Crippen LogP contribution in [0.25, 0.3) is 0 Å². The molecule has 0 fully saturated rings. The minimum Gasteiger partial charge on any atom is -0.0613 e.